The SMILES string of the molecule is CC(C)c1nccn1C[C@H](O)c1ccc(F)c(Br)c1. The van der Waals surface area contributed by atoms with Crippen molar-refractivity contribution >= 4 is 15.9 Å². The van der Waals surface area contributed by atoms with E-state index < -0.39 is 6.10 Å². The van der Waals surface area contributed by atoms with Gasteiger partial charge in [-0.05, 0) is 33.6 Å². The Balaban J connectivity index is 2.18. The Kier molecular flexibility index (Phi) is 4.37. The Morgan fingerprint density at radius 3 is 2.79 bits per heavy atom. The minimum atomic E-state index is -0.691. The van der Waals surface area contributed by atoms with Crippen molar-refractivity contribution in [3.05, 3.63) is 52.3 Å². The van der Waals surface area contributed by atoms with Crippen LogP contribution in [0.4, 0.5) is 4.39 Å². The first-order valence-corrected chi connectivity index (χ1v) is 6.92. The Morgan fingerprint density at radius 1 is 1.42 bits per heavy atom. The van der Waals surface area contributed by atoms with Crippen LogP contribution in [0, 0.1) is 5.82 Å². The lowest BCUT2D eigenvalue weighted by Gasteiger charge is -2.15. The van der Waals surface area contributed by atoms with Crippen LogP contribution in [0.2, 0.25) is 0 Å². The van der Waals surface area contributed by atoms with Gasteiger partial charge >= 0.3 is 0 Å². The van der Waals surface area contributed by atoms with Gasteiger partial charge in [-0.15, -0.1) is 0 Å². The van der Waals surface area contributed by atoms with Crippen LogP contribution in [-0.2, 0) is 6.54 Å². The van der Waals surface area contributed by atoms with Gasteiger partial charge in [-0.2, -0.15) is 0 Å². The largest absolute Gasteiger partial charge is 0.387 e. The molecule has 0 spiro atoms. The number of rotatable bonds is 4. The number of hydrogen-bond acceptors (Lipinski definition) is 2. The van der Waals surface area contributed by atoms with Crippen LogP contribution in [-0.4, -0.2) is 14.7 Å². The van der Waals surface area contributed by atoms with Crippen LogP contribution < -0.4 is 0 Å². The average molecular weight is 327 g/mol. The van der Waals surface area contributed by atoms with Crippen molar-refractivity contribution in [3.8, 4) is 0 Å². The summed E-state index contributed by atoms with van der Waals surface area (Å²) in [7, 11) is 0. The van der Waals surface area contributed by atoms with Gasteiger partial charge in [-0.25, -0.2) is 9.37 Å². The summed E-state index contributed by atoms with van der Waals surface area (Å²) in [5.41, 5.74) is 0.677. The van der Waals surface area contributed by atoms with Crippen molar-refractivity contribution in [1.29, 1.82) is 0 Å². The van der Waals surface area contributed by atoms with E-state index in [1.54, 1.807) is 18.3 Å². The van der Waals surface area contributed by atoms with Gasteiger partial charge in [0.25, 0.3) is 0 Å². The molecule has 19 heavy (non-hydrogen) atoms. The van der Waals surface area contributed by atoms with Crippen LogP contribution >= 0.6 is 15.9 Å². The predicted octanol–water partition coefficient (Wildman–Crippen LogP) is 3.64. The molecular formula is C14H16BrFN2O. The molecule has 0 aliphatic carbocycles. The van der Waals surface area contributed by atoms with Crippen molar-refractivity contribution < 1.29 is 9.50 Å². The molecular weight excluding hydrogens is 311 g/mol. The Bertz CT molecular complexity index is 568. The van der Waals surface area contributed by atoms with E-state index in [2.05, 4.69) is 34.8 Å². The van der Waals surface area contributed by atoms with Gasteiger partial charge in [0.1, 0.15) is 11.6 Å². The highest BCUT2D eigenvalue weighted by atomic mass is 79.9. The summed E-state index contributed by atoms with van der Waals surface area (Å²) in [5.74, 6) is 0.892. The summed E-state index contributed by atoms with van der Waals surface area (Å²) >= 11 is 3.12. The van der Waals surface area contributed by atoms with Gasteiger partial charge < -0.3 is 9.67 Å². The van der Waals surface area contributed by atoms with E-state index in [4.69, 9.17) is 0 Å². The second kappa shape index (κ2) is 5.84. The van der Waals surface area contributed by atoms with Gasteiger partial charge in [0.15, 0.2) is 0 Å². The molecule has 0 radical (unpaired) electrons. The zero-order valence-corrected chi connectivity index (χ0v) is 12.4. The second-order valence-corrected chi connectivity index (χ2v) is 5.64. The van der Waals surface area contributed by atoms with Crippen LogP contribution in [0.25, 0.3) is 0 Å². The molecule has 1 heterocycles. The second-order valence-electron chi connectivity index (χ2n) is 4.78. The molecule has 1 aromatic heterocycles. The lowest BCUT2D eigenvalue weighted by atomic mass is 10.1. The molecule has 0 fully saturated rings. The lowest BCUT2D eigenvalue weighted by molar-refractivity contribution is 0.154. The van der Waals surface area contributed by atoms with E-state index >= 15 is 0 Å². The van der Waals surface area contributed by atoms with Crippen molar-refractivity contribution in [2.24, 2.45) is 0 Å². The zero-order valence-electron chi connectivity index (χ0n) is 10.8. The molecule has 0 saturated carbocycles. The molecule has 0 saturated heterocycles. The van der Waals surface area contributed by atoms with Crippen LogP contribution in [0.1, 0.15) is 37.3 Å². The van der Waals surface area contributed by atoms with Crippen molar-refractivity contribution in [3.63, 3.8) is 0 Å². The zero-order chi connectivity index (χ0) is 14.0. The maximum atomic E-state index is 13.2. The number of halogens is 2. The molecule has 5 heteroatoms. The molecule has 1 N–H and O–H groups in total. The summed E-state index contributed by atoms with van der Waals surface area (Å²) in [6.07, 6.45) is 2.88. The maximum absolute atomic E-state index is 13.2. The smallest absolute Gasteiger partial charge is 0.137 e. The molecule has 0 bridgehead atoms. The summed E-state index contributed by atoms with van der Waals surface area (Å²) in [4.78, 5) is 4.28. The molecule has 0 unspecified atom stereocenters. The highest BCUT2D eigenvalue weighted by Gasteiger charge is 2.14. The third-order valence-electron chi connectivity index (χ3n) is 2.96. The highest BCUT2D eigenvalue weighted by molar-refractivity contribution is 9.10. The first-order chi connectivity index (χ1) is 8.99. The maximum Gasteiger partial charge on any atom is 0.137 e. The summed E-state index contributed by atoms with van der Waals surface area (Å²) in [6.45, 7) is 4.52. The van der Waals surface area contributed by atoms with E-state index in [9.17, 15) is 9.50 Å². The monoisotopic (exact) mass is 326 g/mol. The fourth-order valence-corrected chi connectivity index (χ4v) is 2.38. The van der Waals surface area contributed by atoms with Gasteiger partial charge in [0.05, 0.1) is 17.1 Å². The van der Waals surface area contributed by atoms with Gasteiger partial charge in [0, 0.05) is 18.3 Å². The van der Waals surface area contributed by atoms with E-state index in [0.29, 0.717) is 22.5 Å². The van der Waals surface area contributed by atoms with E-state index in [-0.39, 0.29) is 5.82 Å². The number of benzene rings is 1. The number of hydrogen-bond donors (Lipinski definition) is 1. The molecule has 0 amide bonds. The number of aromatic nitrogens is 2. The number of aliphatic hydroxyl groups excluding tert-OH is 1. The lowest BCUT2D eigenvalue weighted by Crippen LogP contribution is -2.12. The van der Waals surface area contributed by atoms with Gasteiger partial charge in [0.2, 0.25) is 0 Å². The minimum Gasteiger partial charge on any atom is -0.387 e. The molecule has 2 aromatic rings. The molecule has 1 aromatic carbocycles. The summed E-state index contributed by atoms with van der Waals surface area (Å²) in [5, 5.41) is 10.2. The normalized spacial score (nSPS) is 12.9. The predicted molar refractivity (Wildman–Crippen MR) is 75.4 cm³/mol. The van der Waals surface area contributed by atoms with E-state index in [0.717, 1.165) is 5.82 Å². The average Bonchev–Trinajstić information content (AvgIpc) is 2.80. The number of nitrogens with zero attached hydrogens (tertiary/aromatic N) is 2. The van der Waals surface area contributed by atoms with Gasteiger partial charge in [-0.3, -0.25) is 0 Å². The molecule has 3 nitrogen and oxygen atoms in total. The summed E-state index contributed by atoms with van der Waals surface area (Å²) < 4.78 is 15.4. The number of imidazole rings is 1. The van der Waals surface area contributed by atoms with Crippen molar-refractivity contribution in [2.75, 3.05) is 0 Å². The topological polar surface area (TPSA) is 38.0 Å². The molecule has 1 atom stereocenters. The molecule has 0 aliphatic rings. The highest BCUT2D eigenvalue weighted by Crippen LogP contribution is 2.23. The van der Waals surface area contributed by atoms with Gasteiger partial charge in [-0.1, -0.05) is 19.9 Å². The first kappa shape index (κ1) is 14.2. The van der Waals surface area contributed by atoms with Crippen molar-refractivity contribution in [2.45, 2.75) is 32.4 Å². The molecule has 2 rings (SSSR count). The summed E-state index contributed by atoms with van der Waals surface area (Å²) in [6, 6.07) is 4.54. The fraction of sp³-hybridized carbons (Fsp3) is 0.357. The van der Waals surface area contributed by atoms with E-state index in [1.165, 1.54) is 6.07 Å². The number of aliphatic hydroxyl groups is 1. The first-order valence-electron chi connectivity index (χ1n) is 6.13. The van der Waals surface area contributed by atoms with Crippen molar-refractivity contribution in [1.82, 2.24) is 9.55 Å². The molecule has 0 aliphatic heterocycles. The fourth-order valence-electron chi connectivity index (χ4n) is 1.99. The van der Waals surface area contributed by atoms with Crippen LogP contribution in [0.15, 0.2) is 35.1 Å². The Morgan fingerprint density at radius 2 is 2.16 bits per heavy atom. The minimum absolute atomic E-state index is 0.294. The standard InChI is InChI=1S/C14H16BrFN2O/c1-9(2)14-17-5-6-18(14)8-13(19)10-3-4-12(16)11(15)7-10/h3-7,9,13,19H,8H2,1-2H3/t13-/m0/s1. The van der Waals surface area contributed by atoms with Crippen LogP contribution in [0.5, 0.6) is 0 Å². The Labute approximate surface area is 120 Å². The van der Waals surface area contributed by atoms with E-state index in [1.807, 2.05) is 10.8 Å². The molecule has 102 valence electrons. The third-order valence-corrected chi connectivity index (χ3v) is 3.57. The Hall–Kier alpha value is -1.20. The van der Waals surface area contributed by atoms with Crippen LogP contribution in [0.3, 0.4) is 0 Å². The quantitative estimate of drug-likeness (QED) is 0.931. The third kappa shape index (κ3) is 3.22.